The number of ether oxygens (including phenoxy) is 1. The van der Waals surface area contributed by atoms with Gasteiger partial charge in [-0.3, -0.25) is 9.69 Å². The Kier molecular flexibility index (Phi) is 7.15. The number of thiophene rings is 1. The number of hydrogen-bond acceptors (Lipinski definition) is 10. The average Bonchev–Trinajstić information content (AvgIpc) is 3.31. The first-order valence-corrected chi connectivity index (χ1v) is 12.9. The molecule has 1 amide bonds. The third kappa shape index (κ3) is 4.79. The molecule has 1 aromatic carbocycles. The number of benzene rings is 1. The number of aromatic nitrogens is 2. The van der Waals surface area contributed by atoms with E-state index < -0.39 is 6.61 Å². The molecule has 4 N–H and O–H groups in total. The zero-order valence-electron chi connectivity index (χ0n) is 20.3. The molecular weight excluding hydrogens is 478 g/mol. The van der Waals surface area contributed by atoms with Crippen LogP contribution in [0, 0.1) is 5.41 Å². The van der Waals surface area contributed by atoms with Crippen molar-refractivity contribution in [1.82, 2.24) is 19.8 Å². The van der Waals surface area contributed by atoms with Crippen molar-refractivity contribution < 1.29 is 14.6 Å². The van der Waals surface area contributed by atoms with Gasteiger partial charge in [0.25, 0.3) is 0 Å². The number of nitrogens with one attached hydrogen (secondary N) is 1. The Morgan fingerprint density at radius 3 is 2.81 bits per heavy atom. The summed E-state index contributed by atoms with van der Waals surface area (Å²) in [5.74, 6) is 1.23. The van der Waals surface area contributed by atoms with E-state index in [-0.39, 0.29) is 11.9 Å². The summed E-state index contributed by atoms with van der Waals surface area (Å²) < 4.78 is 6.61. The number of nitrogen functional groups attached to an aromatic ring is 1. The molecular formula is C25H31N7O3S. The fraction of sp³-hybridized carbons (Fsp3) is 0.440. The predicted octanol–water partition coefficient (Wildman–Crippen LogP) is 1.80. The van der Waals surface area contributed by atoms with E-state index >= 15 is 0 Å². The highest BCUT2D eigenvalue weighted by Gasteiger charge is 2.27. The van der Waals surface area contributed by atoms with Crippen LogP contribution in [0.15, 0.2) is 24.3 Å². The van der Waals surface area contributed by atoms with Crippen LogP contribution in [0.1, 0.15) is 17.4 Å². The van der Waals surface area contributed by atoms with Crippen LogP contribution in [0.3, 0.4) is 0 Å². The second-order valence-corrected chi connectivity index (χ2v) is 10.3. The van der Waals surface area contributed by atoms with E-state index in [4.69, 9.17) is 25.8 Å². The van der Waals surface area contributed by atoms with Crippen LogP contribution in [0.4, 0.5) is 11.5 Å². The lowest BCUT2D eigenvalue weighted by Gasteiger charge is -2.39. The number of hydrogen-bond donors (Lipinski definition) is 3. The lowest BCUT2D eigenvalue weighted by atomic mass is 10.1. The predicted molar refractivity (Wildman–Crippen MR) is 142 cm³/mol. The number of anilines is 2. The first-order valence-electron chi connectivity index (χ1n) is 12.1. The van der Waals surface area contributed by atoms with Gasteiger partial charge < -0.3 is 30.8 Å². The van der Waals surface area contributed by atoms with Crippen molar-refractivity contribution in [2.45, 2.75) is 19.5 Å². The SMILES string of the molecule is C[C@H]1CN(C(=O)CO)CCN1Cc1cc2nc(-c3cccc(N)c3C=N)nc(N3CCOCC3)c2s1. The topological polar surface area (TPSA) is 132 Å². The maximum atomic E-state index is 11.9. The van der Waals surface area contributed by atoms with Crippen LogP contribution in [0.25, 0.3) is 21.6 Å². The van der Waals surface area contributed by atoms with Gasteiger partial charge in [0, 0.05) is 73.2 Å². The molecule has 5 rings (SSSR count). The average molecular weight is 510 g/mol. The number of piperazine rings is 1. The molecule has 0 radical (unpaired) electrons. The summed E-state index contributed by atoms with van der Waals surface area (Å²) >= 11 is 1.70. The Labute approximate surface area is 213 Å². The number of carbonyl (C=O) groups is 1. The zero-order chi connectivity index (χ0) is 25.2. The van der Waals surface area contributed by atoms with Crippen molar-refractivity contribution in [1.29, 1.82) is 5.41 Å². The van der Waals surface area contributed by atoms with Gasteiger partial charge in [-0.15, -0.1) is 11.3 Å². The minimum atomic E-state index is -0.443. The molecule has 3 aromatic rings. The van der Waals surface area contributed by atoms with Crippen molar-refractivity contribution in [2.24, 2.45) is 0 Å². The Hall–Kier alpha value is -3.12. The standard InChI is InChI=1S/C25H31N7O3S/c1-16-13-32(22(34)15-33)6-5-31(16)14-17-11-21-23(36-17)25(30-7-9-35-10-8-30)29-24(28-21)18-3-2-4-20(27)19(18)12-26/h2-4,11-12,16,26,33H,5-10,13-15,27H2,1H3/t16-/m0/s1. The van der Waals surface area contributed by atoms with Crippen LogP contribution in [-0.2, 0) is 16.1 Å². The molecule has 2 fully saturated rings. The maximum absolute atomic E-state index is 11.9. The van der Waals surface area contributed by atoms with E-state index in [2.05, 4.69) is 22.8 Å². The fourth-order valence-corrected chi connectivity index (χ4v) is 5.99. The third-order valence-electron chi connectivity index (χ3n) is 6.85. The van der Waals surface area contributed by atoms with Gasteiger partial charge in [0.05, 0.1) is 23.4 Å². The van der Waals surface area contributed by atoms with Gasteiger partial charge in [-0.25, -0.2) is 9.97 Å². The number of carbonyl (C=O) groups excluding carboxylic acids is 1. The number of amides is 1. The first kappa shape index (κ1) is 24.6. The second-order valence-electron chi connectivity index (χ2n) is 9.17. The number of nitrogens with zero attached hydrogens (tertiary/aromatic N) is 5. The molecule has 0 spiro atoms. The molecule has 36 heavy (non-hydrogen) atoms. The highest BCUT2D eigenvalue weighted by atomic mass is 32.1. The summed E-state index contributed by atoms with van der Waals surface area (Å²) in [6.07, 6.45) is 1.26. The molecule has 0 aliphatic carbocycles. The van der Waals surface area contributed by atoms with Gasteiger partial charge >= 0.3 is 0 Å². The van der Waals surface area contributed by atoms with Gasteiger partial charge in [-0.2, -0.15) is 0 Å². The minimum Gasteiger partial charge on any atom is -0.398 e. The van der Waals surface area contributed by atoms with Crippen LogP contribution < -0.4 is 10.6 Å². The number of aliphatic hydroxyl groups is 1. The van der Waals surface area contributed by atoms with E-state index in [0.29, 0.717) is 43.4 Å². The van der Waals surface area contributed by atoms with Gasteiger partial charge in [0.1, 0.15) is 6.61 Å². The number of morpholine rings is 1. The van der Waals surface area contributed by atoms with Gasteiger partial charge in [0.15, 0.2) is 11.6 Å². The van der Waals surface area contributed by atoms with Crippen LogP contribution in [0.2, 0.25) is 0 Å². The Bertz CT molecular complexity index is 1270. The van der Waals surface area contributed by atoms with Crippen molar-refractivity contribution >= 4 is 45.2 Å². The molecule has 4 heterocycles. The third-order valence-corrected chi connectivity index (χ3v) is 7.96. The Morgan fingerprint density at radius 1 is 1.28 bits per heavy atom. The van der Waals surface area contributed by atoms with E-state index in [1.165, 1.54) is 11.1 Å². The summed E-state index contributed by atoms with van der Waals surface area (Å²) in [7, 11) is 0. The van der Waals surface area contributed by atoms with Crippen molar-refractivity contribution in [3.63, 3.8) is 0 Å². The lowest BCUT2D eigenvalue weighted by molar-refractivity contribution is -0.137. The summed E-state index contributed by atoms with van der Waals surface area (Å²) in [5.41, 5.74) is 8.91. The van der Waals surface area contributed by atoms with Gasteiger partial charge in [0.2, 0.25) is 5.91 Å². The largest absolute Gasteiger partial charge is 0.398 e. The quantitative estimate of drug-likeness (QED) is 0.339. The minimum absolute atomic E-state index is 0.183. The Balaban J connectivity index is 1.50. The van der Waals surface area contributed by atoms with E-state index in [9.17, 15) is 9.90 Å². The molecule has 2 saturated heterocycles. The molecule has 2 aliphatic rings. The summed E-state index contributed by atoms with van der Waals surface area (Å²) in [5, 5.41) is 17.1. The molecule has 2 aliphatic heterocycles. The van der Waals surface area contributed by atoms with Crippen molar-refractivity contribution in [3.8, 4) is 11.4 Å². The normalized spacial score (nSPS) is 19.1. The van der Waals surface area contributed by atoms with Crippen LogP contribution in [0.5, 0.6) is 0 Å². The number of nitrogens with two attached hydrogens (primary N) is 1. The summed E-state index contributed by atoms with van der Waals surface area (Å²) in [6, 6.07) is 7.86. The van der Waals surface area contributed by atoms with E-state index in [1.54, 1.807) is 22.3 Å². The molecule has 1 atom stereocenters. The summed E-state index contributed by atoms with van der Waals surface area (Å²) in [4.78, 5) is 29.3. The lowest BCUT2D eigenvalue weighted by Crippen LogP contribution is -2.53. The van der Waals surface area contributed by atoms with E-state index in [0.717, 1.165) is 47.8 Å². The van der Waals surface area contributed by atoms with E-state index in [1.807, 2.05) is 12.1 Å². The number of fused-ring (bicyclic) bond motifs is 1. The van der Waals surface area contributed by atoms with Crippen LogP contribution in [-0.4, -0.2) is 95.6 Å². The smallest absolute Gasteiger partial charge is 0.248 e. The highest BCUT2D eigenvalue weighted by molar-refractivity contribution is 7.19. The molecule has 11 heteroatoms. The molecule has 0 unspecified atom stereocenters. The van der Waals surface area contributed by atoms with Crippen molar-refractivity contribution in [3.05, 3.63) is 34.7 Å². The molecule has 10 nitrogen and oxygen atoms in total. The molecule has 0 saturated carbocycles. The fourth-order valence-electron chi connectivity index (χ4n) is 4.85. The summed E-state index contributed by atoms with van der Waals surface area (Å²) in [6.45, 7) is 7.20. The molecule has 0 bridgehead atoms. The van der Waals surface area contributed by atoms with Gasteiger partial charge in [-0.05, 0) is 19.1 Å². The van der Waals surface area contributed by atoms with Crippen molar-refractivity contribution in [2.75, 3.05) is 63.2 Å². The number of rotatable bonds is 6. The van der Waals surface area contributed by atoms with Crippen LogP contribution >= 0.6 is 11.3 Å². The molecule has 190 valence electrons. The van der Waals surface area contributed by atoms with Gasteiger partial charge in [-0.1, -0.05) is 12.1 Å². The first-order chi connectivity index (χ1) is 17.5. The second kappa shape index (κ2) is 10.5. The Morgan fingerprint density at radius 2 is 2.08 bits per heavy atom. The maximum Gasteiger partial charge on any atom is 0.248 e. The zero-order valence-corrected chi connectivity index (χ0v) is 21.1. The highest BCUT2D eigenvalue weighted by Crippen LogP contribution is 2.36. The number of aliphatic hydroxyl groups excluding tert-OH is 1. The molecule has 2 aromatic heterocycles. The monoisotopic (exact) mass is 509 g/mol.